The molecule has 3 unspecified atom stereocenters. The summed E-state index contributed by atoms with van der Waals surface area (Å²) in [6.45, 7) is 8.12. The number of ether oxygens (including phenoxy) is 1. The van der Waals surface area contributed by atoms with Gasteiger partial charge in [0, 0.05) is 0 Å². The topological polar surface area (TPSA) is 26.3 Å². The van der Waals surface area contributed by atoms with Crippen molar-refractivity contribution in [2.24, 2.45) is 17.8 Å². The Labute approximate surface area is 156 Å². The molecular formula is C24H28O2. The first kappa shape index (κ1) is 17.3. The van der Waals surface area contributed by atoms with Crippen molar-refractivity contribution in [2.45, 2.75) is 52.1 Å². The van der Waals surface area contributed by atoms with E-state index in [1.54, 1.807) is 0 Å². The van der Waals surface area contributed by atoms with Crippen LogP contribution in [0.1, 0.15) is 62.4 Å². The Hall–Kier alpha value is -2.09. The first-order valence-corrected chi connectivity index (χ1v) is 9.80. The number of hydrogen-bond acceptors (Lipinski definition) is 2. The Morgan fingerprint density at radius 2 is 1.77 bits per heavy atom. The zero-order valence-corrected chi connectivity index (χ0v) is 16.2. The summed E-state index contributed by atoms with van der Waals surface area (Å²) in [5.74, 6) is 2.01. The smallest absolute Gasteiger partial charge is 0.339 e. The van der Waals surface area contributed by atoms with Crippen molar-refractivity contribution < 1.29 is 9.53 Å². The number of benzene rings is 2. The molecule has 0 N–H and O–H groups in total. The Morgan fingerprint density at radius 1 is 1.04 bits per heavy atom. The van der Waals surface area contributed by atoms with E-state index in [-0.39, 0.29) is 11.9 Å². The largest absolute Gasteiger partial charge is 0.456 e. The van der Waals surface area contributed by atoms with Crippen molar-refractivity contribution in [3.63, 3.8) is 0 Å². The zero-order chi connectivity index (χ0) is 18.5. The molecule has 26 heavy (non-hydrogen) atoms. The summed E-state index contributed by atoms with van der Waals surface area (Å²) in [5.41, 5.74) is 1.58. The maximum atomic E-state index is 12.9. The molecule has 0 saturated heterocycles. The van der Waals surface area contributed by atoms with Crippen LogP contribution in [-0.2, 0) is 4.74 Å². The summed E-state index contributed by atoms with van der Waals surface area (Å²) in [6, 6.07) is 12.4. The minimum Gasteiger partial charge on any atom is -0.456 e. The fourth-order valence-corrected chi connectivity index (χ4v) is 4.39. The van der Waals surface area contributed by atoms with Crippen LogP contribution >= 0.6 is 0 Å². The highest BCUT2D eigenvalue weighted by atomic mass is 16.6. The molecule has 2 aromatic rings. The number of carbonyl (C=O) groups excluding carboxylic acids is 1. The van der Waals surface area contributed by atoms with Gasteiger partial charge < -0.3 is 4.74 Å². The van der Waals surface area contributed by atoms with Gasteiger partial charge in [-0.15, -0.1) is 0 Å². The molecule has 2 aliphatic carbocycles. The third-order valence-electron chi connectivity index (χ3n) is 6.60. The molecule has 4 rings (SSSR count). The van der Waals surface area contributed by atoms with Gasteiger partial charge in [-0.25, -0.2) is 4.79 Å². The molecule has 0 heterocycles. The monoisotopic (exact) mass is 348 g/mol. The first-order valence-electron chi connectivity index (χ1n) is 9.80. The van der Waals surface area contributed by atoms with Gasteiger partial charge in [-0.1, -0.05) is 56.3 Å². The first-order chi connectivity index (χ1) is 12.4. The van der Waals surface area contributed by atoms with Crippen molar-refractivity contribution >= 4 is 16.7 Å². The van der Waals surface area contributed by atoms with Crippen LogP contribution < -0.4 is 0 Å². The molecule has 136 valence electrons. The SMILES string of the molecule is CC(C)C(C)(C)OC(=O)c1cccc2c(C3CC4C=CC3C4)cccc12. The number of esters is 1. The molecule has 0 aliphatic heterocycles. The molecular weight excluding hydrogens is 320 g/mol. The third-order valence-corrected chi connectivity index (χ3v) is 6.60. The van der Waals surface area contributed by atoms with Crippen LogP contribution in [0.2, 0.25) is 0 Å². The normalized spacial score (nSPS) is 24.6. The molecule has 2 nitrogen and oxygen atoms in total. The van der Waals surface area contributed by atoms with Gasteiger partial charge in [0.25, 0.3) is 0 Å². The van der Waals surface area contributed by atoms with Crippen molar-refractivity contribution in [1.29, 1.82) is 0 Å². The lowest BCUT2D eigenvalue weighted by atomic mass is 9.83. The van der Waals surface area contributed by atoms with E-state index in [9.17, 15) is 4.79 Å². The maximum Gasteiger partial charge on any atom is 0.339 e. The predicted octanol–water partition coefficient (Wildman–Crippen LogP) is 6.11. The second-order valence-corrected chi connectivity index (χ2v) is 8.78. The van der Waals surface area contributed by atoms with Gasteiger partial charge in [-0.05, 0) is 72.8 Å². The molecule has 2 aliphatic rings. The van der Waals surface area contributed by atoms with Gasteiger partial charge in [-0.3, -0.25) is 0 Å². The minimum atomic E-state index is -0.480. The van der Waals surface area contributed by atoms with Crippen LogP contribution in [-0.4, -0.2) is 11.6 Å². The van der Waals surface area contributed by atoms with E-state index in [0.717, 1.165) is 11.3 Å². The van der Waals surface area contributed by atoms with Gasteiger partial charge in [0.15, 0.2) is 0 Å². The Balaban J connectivity index is 1.73. The second kappa shape index (κ2) is 6.26. The Bertz CT molecular complexity index is 875. The average molecular weight is 348 g/mol. The molecule has 2 heteroatoms. The molecule has 0 aromatic heterocycles. The summed E-state index contributed by atoms with van der Waals surface area (Å²) < 4.78 is 5.86. The molecule has 1 saturated carbocycles. The molecule has 0 amide bonds. The number of carbonyl (C=O) groups is 1. The highest BCUT2D eigenvalue weighted by Gasteiger charge is 2.37. The van der Waals surface area contributed by atoms with Crippen LogP contribution in [0.4, 0.5) is 0 Å². The third kappa shape index (κ3) is 2.86. The fourth-order valence-electron chi connectivity index (χ4n) is 4.39. The van der Waals surface area contributed by atoms with Crippen LogP contribution in [0.3, 0.4) is 0 Å². The van der Waals surface area contributed by atoms with E-state index in [4.69, 9.17) is 4.74 Å². The number of rotatable bonds is 4. The van der Waals surface area contributed by atoms with E-state index < -0.39 is 5.60 Å². The van der Waals surface area contributed by atoms with E-state index in [1.807, 2.05) is 26.0 Å². The summed E-state index contributed by atoms with van der Waals surface area (Å²) >= 11 is 0. The van der Waals surface area contributed by atoms with Crippen molar-refractivity contribution in [3.8, 4) is 0 Å². The standard InChI is InChI=1S/C24H28O2/c1-15(2)24(3,4)26-23(25)21-10-6-7-18-19(21)8-5-9-20(18)22-14-16-11-12-17(22)13-16/h5-12,15-17,22H,13-14H2,1-4H3. The molecule has 2 aromatic carbocycles. The Kier molecular flexibility index (Phi) is 4.17. The van der Waals surface area contributed by atoms with Crippen molar-refractivity contribution in [2.75, 3.05) is 0 Å². The number of fused-ring (bicyclic) bond motifs is 3. The summed E-state index contributed by atoms with van der Waals surface area (Å²) in [6.07, 6.45) is 7.28. The molecule has 2 bridgehead atoms. The maximum absolute atomic E-state index is 12.9. The minimum absolute atomic E-state index is 0.223. The fraction of sp³-hybridized carbons (Fsp3) is 0.458. The lowest BCUT2D eigenvalue weighted by Crippen LogP contribution is -2.33. The second-order valence-electron chi connectivity index (χ2n) is 8.78. The van der Waals surface area contributed by atoms with Crippen LogP contribution in [0.5, 0.6) is 0 Å². The van der Waals surface area contributed by atoms with Gasteiger partial charge in [0.1, 0.15) is 5.60 Å². The lowest BCUT2D eigenvalue weighted by molar-refractivity contribution is -0.0220. The lowest BCUT2D eigenvalue weighted by Gasteiger charge is -2.29. The highest BCUT2D eigenvalue weighted by Crippen LogP contribution is 2.50. The molecule has 1 fully saturated rings. The summed E-state index contributed by atoms with van der Waals surface area (Å²) in [7, 11) is 0. The summed E-state index contributed by atoms with van der Waals surface area (Å²) in [4.78, 5) is 12.9. The van der Waals surface area contributed by atoms with Gasteiger partial charge >= 0.3 is 5.97 Å². The number of hydrogen-bond donors (Lipinski definition) is 0. The van der Waals surface area contributed by atoms with E-state index >= 15 is 0 Å². The van der Waals surface area contributed by atoms with Crippen LogP contribution in [0.15, 0.2) is 48.6 Å². The predicted molar refractivity (Wildman–Crippen MR) is 106 cm³/mol. The quantitative estimate of drug-likeness (QED) is 0.492. The van der Waals surface area contributed by atoms with Crippen LogP contribution in [0, 0.1) is 17.8 Å². The highest BCUT2D eigenvalue weighted by molar-refractivity contribution is 6.05. The van der Waals surface area contributed by atoms with E-state index in [2.05, 4.69) is 50.3 Å². The van der Waals surface area contributed by atoms with Crippen LogP contribution in [0.25, 0.3) is 10.8 Å². The molecule has 3 atom stereocenters. The molecule has 0 spiro atoms. The molecule has 0 radical (unpaired) electrons. The Morgan fingerprint density at radius 3 is 2.42 bits per heavy atom. The van der Waals surface area contributed by atoms with Crippen molar-refractivity contribution in [1.82, 2.24) is 0 Å². The van der Waals surface area contributed by atoms with Crippen molar-refractivity contribution in [3.05, 3.63) is 59.7 Å². The van der Waals surface area contributed by atoms with E-state index in [1.165, 1.54) is 23.8 Å². The van der Waals surface area contributed by atoms with Gasteiger partial charge in [0.05, 0.1) is 5.56 Å². The van der Waals surface area contributed by atoms with Gasteiger partial charge in [-0.2, -0.15) is 0 Å². The summed E-state index contributed by atoms with van der Waals surface area (Å²) in [5, 5.41) is 2.22. The van der Waals surface area contributed by atoms with E-state index in [0.29, 0.717) is 17.4 Å². The average Bonchev–Trinajstić information content (AvgIpc) is 3.23. The zero-order valence-electron chi connectivity index (χ0n) is 16.2. The number of allylic oxidation sites excluding steroid dienone is 2. The van der Waals surface area contributed by atoms with Gasteiger partial charge in [0.2, 0.25) is 0 Å².